The minimum atomic E-state index is -0.746. The molecule has 3 nitrogen and oxygen atoms in total. The first kappa shape index (κ1) is 13.7. The Kier molecular flexibility index (Phi) is 4.70. The van der Waals surface area contributed by atoms with Crippen molar-refractivity contribution in [2.45, 2.75) is 39.8 Å². The third-order valence-electron chi connectivity index (χ3n) is 3.23. The zero-order valence-electron chi connectivity index (χ0n) is 11.0. The van der Waals surface area contributed by atoms with E-state index in [0.29, 0.717) is 0 Å². The van der Waals surface area contributed by atoms with Crippen LogP contribution in [0.4, 0.5) is 0 Å². The monoisotopic (exact) mass is 235 g/mol. The van der Waals surface area contributed by atoms with Gasteiger partial charge in [-0.05, 0) is 44.5 Å². The van der Waals surface area contributed by atoms with Gasteiger partial charge in [0.05, 0.1) is 6.42 Å². The maximum Gasteiger partial charge on any atom is 0.304 e. The van der Waals surface area contributed by atoms with Gasteiger partial charge in [0.15, 0.2) is 0 Å². The number of benzene rings is 1. The van der Waals surface area contributed by atoms with E-state index in [9.17, 15) is 4.79 Å². The normalized spacial score (nSPS) is 12.8. The summed E-state index contributed by atoms with van der Waals surface area (Å²) in [5.74, 6) is -0.746. The molecular weight excluding hydrogens is 214 g/mol. The van der Waals surface area contributed by atoms with Crippen molar-refractivity contribution in [3.63, 3.8) is 0 Å². The standard InChI is InChI=1S/C14H21NO2/c1-10-5-6-13(7-11(10)2)9-15(4)12(3)8-14(16)17/h5-7,12H,8-9H2,1-4H3,(H,16,17). The molecule has 0 radical (unpaired) electrons. The van der Waals surface area contributed by atoms with Crippen molar-refractivity contribution in [2.75, 3.05) is 7.05 Å². The van der Waals surface area contributed by atoms with E-state index in [-0.39, 0.29) is 12.5 Å². The highest BCUT2D eigenvalue weighted by Gasteiger charge is 2.13. The first-order valence-electron chi connectivity index (χ1n) is 5.88. The fourth-order valence-corrected chi connectivity index (χ4v) is 1.75. The van der Waals surface area contributed by atoms with Gasteiger partial charge in [0.1, 0.15) is 0 Å². The summed E-state index contributed by atoms with van der Waals surface area (Å²) in [6, 6.07) is 6.43. The van der Waals surface area contributed by atoms with Crippen molar-refractivity contribution in [3.8, 4) is 0 Å². The van der Waals surface area contributed by atoms with Crippen molar-refractivity contribution in [2.24, 2.45) is 0 Å². The van der Waals surface area contributed by atoms with Gasteiger partial charge in [-0.15, -0.1) is 0 Å². The predicted octanol–water partition coefficient (Wildman–Crippen LogP) is 2.60. The van der Waals surface area contributed by atoms with Crippen molar-refractivity contribution in [3.05, 3.63) is 34.9 Å². The fourth-order valence-electron chi connectivity index (χ4n) is 1.75. The average Bonchev–Trinajstić information content (AvgIpc) is 2.22. The Morgan fingerprint density at radius 3 is 2.53 bits per heavy atom. The maximum absolute atomic E-state index is 10.6. The van der Waals surface area contributed by atoms with Crippen molar-refractivity contribution in [1.82, 2.24) is 4.90 Å². The molecule has 0 saturated carbocycles. The van der Waals surface area contributed by atoms with Crippen molar-refractivity contribution >= 4 is 5.97 Å². The van der Waals surface area contributed by atoms with E-state index in [2.05, 4.69) is 36.9 Å². The van der Waals surface area contributed by atoms with Crippen LogP contribution in [0.15, 0.2) is 18.2 Å². The van der Waals surface area contributed by atoms with Gasteiger partial charge in [-0.2, -0.15) is 0 Å². The molecule has 0 aliphatic rings. The van der Waals surface area contributed by atoms with Gasteiger partial charge in [0.25, 0.3) is 0 Å². The summed E-state index contributed by atoms with van der Waals surface area (Å²) in [5, 5.41) is 8.75. The molecule has 17 heavy (non-hydrogen) atoms. The van der Waals surface area contributed by atoms with E-state index in [0.717, 1.165) is 6.54 Å². The predicted molar refractivity (Wildman–Crippen MR) is 69.1 cm³/mol. The number of rotatable bonds is 5. The van der Waals surface area contributed by atoms with Crippen LogP contribution in [0.3, 0.4) is 0 Å². The number of hydrogen-bond acceptors (Lipinski definition) is 2. The van der Waals surface area contributed by atoms with E-state index in [4.69, 9.17) is 5.11 Å². The molecule has 0 bridgehead atoms. The molecule has 1 N–H and O–H groups in total. The van der Waals surface area contributed by atoms with Gasteiger partial charge in [-0.25, -0.2) is 0 Å². The Morgan fingerprint density at radius 2 is 2.00 bits per heavy atom. The van der Waals surface area contributed by atoms with E-state index in [1.807, 2.05) is 14.0 Å². The molecule has 1 aromatic carbocycles. The number of carboxylic acid groups (broad SMARTS) is 1. The number of aliphatic carboxylic acids is 1. The minimum Gasteiger partial charge on any atom is -0.481 e. The quantitative estimate of drug-likeness (QED) is 0.852. The molecule has 0 spiro atoms. The summed E-state index contributed by atoms with van der Waals surface area (Å²) < 4.78 is 0. The molecule has 0 amide bonds. The Morgan fingerprint density at radius 1 is 1.35 bits per heavy atom. The second-order valence-electron chi connectivity index (χ2n) is 4.78. The van der Waals surface area contributed by atoms with Crippen molar-refractivity contribution < 1.29 is 9.90 Å². The van der Waals surface area contributed by atoms with E-state index in [1.165, 1.54) is 16.7 Å². The lowest BCUT2D eigenvalue weighted by molar-refractivity contribution is -0.138. The summed E-state index contributed by atoms with van der Waals surface area (Å²) in [4.78, 5) is 12.7. The van der Waals surface area contributed by atoms with E-state index < -0.39 is 5.97 Å². The SMILES string of the molecule is Cc1ccc(CN(C)C(C)CC(=O)O)cc1C. The lowest BCUT2D eigenvalue weighted by atomic mass is 10.1. The summed E-state index contributed by atoms with van der Waals surface area (Å²) in [7, 11) is 1.96. The van der Waals surface area contributed by atoms with Gasteiger partial charge in [-0.1, -0.05) is 18.2 Å². The van der Waals surface area contributed by atoms with Crippen LogP contribution in [-0.2, 0) is 11.3 Å². The second kappa shape index (κ2) is 5.82. The zero-order valence-corrected chi connectivity index (χ0v) is 11.0. The van der Waals surface area contributed by atoms with Gasteiger partial charge < -0.3 is 5.11 Å². The van der Waals surface area contributed by atoms with Crippen LogP contribution in [0.1, 0.15) is 30.0 Å². The van der Waals surface area contributed by atoms with Crippen molar-refractivity contribution in [1.29, 1.82) is 0 Å². The van der Waals surface area contributed by atoms with E-state index >= 15 is 0 Å². The third kappa shape index (κ3) is 4.19. The molecule has 94 valence electrons. The lowest BCUT2D eigenvalue weighted by Crippen LogP contribution is -2.30. The minimum absolute atomic E-state index is 0.0501. The molecule has 1 rings (SSSR count). The van der Waals surface area contributed by atoms with Gasteiger partial charge in [-0.3, -0.25) is 9.69 Å². The molecule has 1 atom stereocenters. The first-order chi connectivity index (χ1) is 7.90. The summed E-state index contributed by atoms with van der Waals surface area (Å²) in [6.07, 6.45) is 0.182. The number of carbonyl (C=O) groups is 1. The molecule has 1 unspecified atom stereocenters. The largest absolute Gasteiger partial charge is 0.481 e. The highest BCUT2D eigenvalue weighted by Crippen LogP contribution is 2.13. The number of aryl methyl sites for hydroxylation is 2. The highest BCUT2D eigenvalue weighted by molar-refractivity contribution is 5.67. The molecule has 0 aliphatic carbocycles. The Bertz CT molecular complexity index is 401. The summed E-state index contributed by atoms with van der Waals surface area (Å²) in [5.41, 5.74) is 3.80. The van der Waals surface area contributed by atoms with Gasteiger partial charge in [0.2, 0.25) is 0 Å². The molecule has 0 aliphatic heterocycles. The first-order valence-corrected chi connectivity index (χ1v) is 5.88. The topological polar surface area (TPSA) is 40.5 Å². The smallest absolute Gasteiger partial charge is 0.304 e. The average molecular weight is 235 g/mol. The molecular formula is C14H21NO2. The highest BCUT2D eigenvalue weighted by atomic mass is 16.4. The lowest BCUT2D eigenvalue weighted by Gasteiger charge is -2.23. The number of nitrogens with zero attached hydrogens (tertiary/aromatic N) is 1. The van der Waals surface area contributed by atoms with Crippen LogP contribution in [0.5, 0.6) is 0 Å². The summed E-state index contributed by atoms with van der Waals surface area (Å²) >= 11 is 0. The Balaban J connectivity index is 2.64. The second-order valence-corrected chi connectivity index (χ2v) is 4.78. The van der Waals surface area contributed by atoms with Gasteiger partial charge >= 0.3 is 5.97 Å². The van der Waals surface area contributed by atoms with Crippen LogP contribution in [0.25, 0.3) is 0 Å². The Hall–Kier alpha value is -1.35. The molecule has 3 heteroatoms. The van der Waals surface area contributed by atoms with E-state index in [1.54, 1.807) is 0 Å². The molecule has 1 aromatic rings. The van der Waals surface area contributed by atoms with Gasteiger partial charge in [0, 0.05) is 12.6 Å². The fraction of sp³-hybridized carbons (Fsp3) is 0.500. The van der Waals surface area contributed by atoms with Crippen LogP contribution in [0, 0.1) is 13.8 Å². The van der Waals surface area contributed by atoms with Crippen LogP contribution >= 0.6 is 0 Å². The molecule has 0 fully saturated rings. The Labute approximate surface area is 103 Å². The zero-order chi connectivity index (χ0) is 13.0. The summed E-state index contributed by atoms with van der Waals surface area (Å²) in [6.45, 7) is 6.92. The molecule has 0 saturated heterocycles. The third-order valence-corrected chi connectivity index (χ3v) is 3.23. The number of hydrogen-bond donors (Lipinski definition) is 1. The molecule has 0 aromatic heterocycles. The molecule has 0 heterocycles. The van der Waals surface area contributed by atoms with Crippen LogP contribution in [-0.4, -0.2) is 29.1 Å². The maximum atomic E-state index is 10.6. The number of carboxylic acids is 1. The van der Waals surface area contributed by atoms with Crippen LogP contribution < -0.4 is 0 Å². The van der Waals surface area contributed by atoms with Crippen LogP contribution in [0.2, 0.25) is 0 Å².